The molecule has 3 aromatic rings. The largest absolute Gasteiger partial charge is 0.468 e. The summed E-state index contributed by atoms with van der Waals surface area (Å²) in [5.41, 5.74) is 3.57. The predicted molar refractivity (Wildman–Crippen MR) is 108 cm³/mol. The molecule has 0 unspecified atom stereocenters. The molecule has 3 rings (SSSR count). The molecule has 0 N–H and O–H groups in total. The Kier molecular flexibility index (Phi) is 6.18. The van der Waals surface area contributed by atoms with Crippen molar-refractivity contribution in [2.75, 3.05) is 7.11 Å². The van der Waals surface area contributed by atoms with E-state index >= 15 is 0 Å². The lowest BCUT2D eigenvalue weighted by atomic mass is 10.1. The highest BCUT2D eigenvalue weighted by Crippen LogP contribution is 2.18. The van der Waals surface area contributed by atoms with E-state index in [9.17, 15) is 9.59 Å². The van der Waals surface area contributed by atoms with Gasteiger partial charge in [-0.15, -0.1) is 0 Å². The third-order valence-electron chi connectivity index (χ3n) is 4.13. The first-order valence-corrected chi connectivity index (χ1v) is 8.69. The number of nitrogens with zero attached hydrogens (tertiary/aromatic N) is 3. The third kappa shape index (κ3) is 4.96. The molecule has 0 amide bonds. The number of allylic oxidation sites excluding steroid dienone is 1. The highest BCUT2D eigenvalue weighted by molar-refractivity contribution is 5.72. The van der Waals surface area contributed by atoms with E-state index in [1.54, 1.807) is 18.2 Å². The third-order valence-corrected chi connectivity index (χ3v) is 4.13. The molecule has 0 saturated carbocycles. The van der Waals surface area contributed by atoms with Crippen LogP contribution >= 0.6 is 0 Å². The van der Waals surface area contributed by atoms with Crippen molar-refractivity contribution < 1.29 is 14.1 Å². The Balaban J connectivity index is 1.75. The van der Waals surface area contributed by atoms with E-state index in [4.69, 9.17) is 5.26 Å². The predicted octanol–water partition coefficient (Wildman–Crippen LogP) is 3.38. The second kappa shape index (κ2) is 9.15. The van der Waals surface area contributed by atoms with E-state index in [1.807, 2.05) is 54.6 Å². The maximum atomic E-state index is 11.8. The zero-order valence-corrected chi connectivity index (χ0v) is 15.6. The van der Waals surface area contributed by atoms with Gasteiger partial charge in [-0.1, -0.05) is 65.8 Å². The molecule has 144 valence electrons. The molecular weight excluding hydrogens is 370 g/mol. The summed E-state index contributed by atoms with van der Waals surface area (Å²) >= 11 is 0. The van der Waals surface area contributed by atoms with E-state index in [-0.39, 0.29) is 12.4 Å². The maximum Gasteiger partial charge on any atom is 0.442 e. The van der Waals surface area contributed by atoms with Crippen LogP contribution in [0.4, 0.5) is 0 Å². The molecule has 29 heavy (non-hydrogen) atoms. The Bertz CT molecular complexity index is 1140. The van der Waals surface area contributed by atoms with Gasteiger partial charge in [0.2, 0.25) is 0 Å². The summed E-state index contributed by atoms with van der Waals surface area (Å²) in [5.74, 6) is -1.02. The Morgan fingerprint density at radius 3 is 2.17 bits per heavy atom. The minimum Gasteiger partial charge on any atom is -0.468 e. The Morgan fingerprint density at radius 2 is 1.62 bits per heavy atom. The van der Waals surface area contributed by atoms with E-state index < -0.39 is 11.7 Å². The van der Waals surface area contributed by atoms with E-state index in [0.717, 1.165) is 21.3 Å². The van der Waals surface area contributed by atoms with Crippen molar-refractivity contribution in [2.24, 2.45) is 0 Å². The van der Waals surface area contributed by atoms with Crippen LogP contribution < -0.4 is 5.76 Å². The van der Waals surface area contributed by atoms with E-state index in [0.29, 0.717) is 5.56 Å². The summed E-state index contributed by atoms with van der Waals surface area (Å²) in [6.07, 6.45) is 7.10. The smallest absolute Gasteiger partial charge is 0.442 e. The summed E-state index contributed by atoms with van der Waals surface area (Å²) in [5, 5.41) is 12.3. The summed E-state index contributed by atoms with van der Waals surface area (Å²) in [7, 11) is 1.25. The number of hydrogen-bond acceptors (Lipinski definition) is 6. The van der Waals surface area contributed by atoms with Gasteiger partial charge < -0.3 is 4.74 Å². The van der Waals surface area contributed by atoms with Crippen LogP contribution in [0, 0.1) is 11.3 Å². The fraction of sp³-hybridized carbons (Fsp3) is 0.0909. The lowest BCUT2D eigenvalue weighted by molar-refractivity contribution is -0.141. The van der Waals surface area contributed by atoms with Crippen molar-refractivity contribution in [2.45, 2.75) is 6.54 Å². The summed E-state index contributed by atoms with van der Waals surface area (Å²) in [6.45, 7) is -0.268. The minimum atomic E-state index is -0.720. The first kappa shape index (κ1) is 19.6. The lowest BCUT2D eigenvalue weighted by Crippen LogP contribution is -2.21. The number of aromatic nitrogens is 2. The van der Waals surface area contributed by atoms with Crippen LogP contribution in [-0.4, -0.2) is 22.8 Å². The van der Waals surface area contributed by atoms with Crippen molar-refractivity contribution in [1.82, 2.24) is 9.72 Å². The highest BCUT2D eigenvalue weighted by Gasteiger charge is 2.15. The maximum absolute atomic E-state index is 11.8. The van der Waals surface area contributed by atoms with Gasteiger partial charge in [0.05, 0.1) is 13.2 Å². The van der Waals surface area contributed by atoms with Crippen LogP contribution in [-0.2, 0) is 16.1 Å². The molecule has 0 bridgehead atoms. The van der Waals surface area contributed by atoms with Gasteiger partial charge in [-0.3, -0.25) is 9.32 Å². The Hall–Kier alpha value is -4.18. The second-order valence-electron chi connectivity index (χ2n) is 6.02. The number of carbonyl (C=O) groups is 1. The number of nitriles is 1. The number of carbonyl (C=O) groups excluding carboxylic acids is 1. The summed E-state index contributed by atoms with van der Waals surface area (Å²) < 4.78 is 10.4. The fourth-order valence-electron chi connectivity index (χ4n) is 2.60. The number of esters is 1. The molecule has 0 saturated heterocycles. The van der Waals surface area contributed by atoms with Gasteiger partial charge >= 0.3 is 11.7 Å². The van der Waals surface area contributed by atoms with Crippen molar-refractivity contribution in [3.8, 4) is 17.5 Å². The minimum absolute atomic E-state index is 0.261. The van der Waals surface area contributed by atoms with Crippen LogP contribution in [0.15, 0.2) is 63.9 Å². The van der Waals surface area contributed by atoms with Gasteiger partial charge in [-0.25, -0.2) is 9.36 Å². The molecule has 7 heteroatoms. The molecule has 0 aliphatic rings. The first-order valence-electron chi connectivity index (χ1n) is 8.69. The van der Waals surface area contributed by atoms with Gasteiger partial charge in [0.25, 0.3) is 0 Å². The number of rotatable bonds is 6. The van der Waals surface area contributed by atoms with Crippen LogP contribution in [0.3, 0.4) is 0 Å². The Morgan fingerprint density at radius 1 is 1.07 bits per heavy atom. The van der Waals surface area contributed by atoms with Crippen LogP contribution in [0.1, 0.15) is 16.7 Å². The molecule has 0 radical (unpaired) electrons. The van der Waals surface area contributed by atoms with Gasteiger partial charge in [0.15, 0.2) is 5.82 Å². The molecule has 0 spiro atoms. The normalized spacial score (nSPS) is 11.0. The second-order valence-corrected chi connectivity index (χ2v) is 6.02. The van der Waals surface area contributed by atoms with Gasteiger partial charge in [-0.05, 0) is 22.8 Å². The monoisotopic (exact) mass is 387 g/mol. The van der Waals surface area contributed by atoms with Crippen molar-refractivity contribution in [3.05, 3.63) is 81.8 Å². The van der Waals surface area contributed by atoms with Gasteiger partial charge in [0, 0.05) is 11.6 Å². The Labute approximate surface area is 166 Å². The summed E-state index contributed by atoms with van der Waals surface area (Å²) in [4.78, 5) is 23.3. The topological polar surface area (TPSA) is 98.1 Å². The fourth-order valence-corrected chi connectivity index (χ4v) is 2.60. The first-order chi connectivity index (χ1) is 14.1. The highest BCUT2D eigenvalue weighted by atomic mass is 16.5. The molecule has 0 aliphatic heterocycles. The molecule has 0 aliphatic carbocycles. The van der Waals surface area contributed by atoms with E-state index in [1.165, 1.54) is 13.2 Å². The quantitative estimate of drug-likeness (QED) is 0.365. The van der Waals surface area contributed by atoms with Crippen LogP contribution in [0.2, 0.25) is 0 Å². The number of methoxy groups -OCH3 is 1. The zero-order chi connectivity index (χ0) is 20.6. The van der Waals surface area contributed by atoms with Crippen molar-refractivity contribution >= 4 is 24.2 Å². The average molecular weight is 387 g/mol. The molecule has 0 fully saturated rings. The van der Waals surface area contributed by atoms with Crippen molar-refractivity contribution in [3.63, 3.8) is 0 Å². The van der Waals surface area contributed by atoms with Gasteiger partial charge in [-0.2, -0.15) is 5.26 Å². The molecular formula is C22H17N3O4. The molecule has 2 aromatic carbocycles. The molecule has 1 aromatic heterocycles. The van der Waals surface area contributed by atoms with Crippen LogP contribution in [0.25, 0.3) is 29.6 Å². The molecule has 1 heterocycles. The van der Waals surface area contributed by atoms with Crippen LogP contribution in [0.5, 0.6) is 0 Å². The van der Waals surface area contributed by atoms with Crippen molar-refractivity contribution in [1.29, 1.82) is 5.26 Å². The van der Waals surface area contributed by atoms with E-state index in [2.05, 4.69) is 14.4 Å². The standard InChI is InChI=1S/C22H17N3O4/c1-28-20(26)15-25-21(24-29-22(25)27)19-12-10-18(11-13-19)9-8-17-6-4-16(5-7-17)3-2-14-23/h2-13H,15H2,1H3/b3-2+,9-8+. The lowest BCUT2D eigenvalue weighted by Gasteiger charge is -2.03. The summed E-state index contributed by atoms with van der Waals surface area (Å²) in [6, 6.07) is 17.1. The number of benzene rings is 2. The zero-order valence-electron chi connectivity index (χ0n) is 15.6. The molecule has 0 atom stereocenters. The molecule has 7 nitrogen and oxygen atoms in total. The SMILES string of the molecule is COC(=O)Cn1c(-c2ccc(/C=C/c3ccc(/C=C/C#N)cc3)cc2)noc1=O. The average Bonchev–Trinajstić information content (AvgIpc) is 3.11. The number of ether oxygens (including phenoxy) is 1. The number of hydrogen-bond donors (Lipinski definition) is 0. The van der Waals surface area contributed by atoms with Gasteiger partial charge in [0.1, 0.15) is 6.54 Å².